The molecule has 2 rings (SSSR count). The highest BCUT2D eigenvalue weighted by Crippen LogP contribution is 2.30. The molecule has 86 valence electrons. The third-order valence-corrected chi connectivity index (χ3v) is 3.70. The largest absolute Gasteiger partial charge is 0.480 e. The normalized spacial score (nSPS) is 33.7. The van der Waals surface area contributed by atoms with Crippen LogP contribution in [-0.4, -0.2) is 48.3 Å². The molecule has 0 amide bonds. The standard InChI is InChI=1S/C11H19NO3/c1-2-10(11(13)14)12-4-3-8-6-15-7-9(8)5-12/h8-10H,2-7H2,1H3,(H,13,14)/t8-,9+,10+/m0/s1. The summed E-state index contributed by atoms with van der Waals surface area (Å²) < 4.78 is 5.44. The molecule has 0 aromatic carbocycles. The van der Waals surface area contributed by atoms with Crippen molar-refractivity contribution >= 4 is 5.97 Å². The van der Waals surface area contributed by atoms with Crippen molar-refractivity contribution in [2.75, 3.05) is 26.3 Å². The van der Waals surface area contributed by atoms with Crippen LogP contribution in [0.25, 0.3) is 0 Å². The van der Waals surface area contributed by atoms with Crippen molar-refractivity contribution in [3.63, 3.8) is 0 Å². The molecule has 1 N–H and O–H groups in total. The fraction of sp³-hybridized carbons (Fsp3) is 0.909. The summed E-state index contributed by atoms with van der Waals surface area (Å²) in [5.41, 5.74) is 0. The number of ether oxygens (including phenoxy) is 1. The van der Waals surface area contributed by atoms with Gasteiger partial charge in [-0.3, -0.25) is 9.69 Å². The smallest absolute Gasteiger partial charge is 0.320 e. The zero-order chi connectivity index (χ0) is 10.8. The molecule has 0 radical (unpaired) electrons. The van der Waals surface area contributed by atoms with Gasteiger partial charge in [0.05, 0.1) is 6.61 Å². The van der Waals surface area contributed by atoms with Crippen LogP contribution in [0.5, 0.6) is 0 Å². The minimum atomic E-state index is -0.685. The Bertz CT molecular complexity index is 244. The highest BCUT2D eigenvalue weighted by molar-refractivity contribution is 5.73. The Morgan fingerprint density at radius 2 is 2.27 bits per heavy atom. The fourth-order valence-electron chi connectivity index (χ4n) is 2.76. The monoisotopic (exact) mass is 213 g/mol. The summed E-state index contributed by atoms with van der Waals surface area (Å²) in [5, 5.41) is 9.09. The van der Waals surface area contributed by atoms with Gasteiger partial charge in [-0.05, 0) is 25.3 Å². The van der Waals surface area contributed by atoms with Gasteiger partial charge in [0.25, 0.3) is 0 Å². The lowest BCUT2D eigenvalue weighted by Gasteiger charge is -2.37. The lowest BCUT2D eigenvalue weighted by atomic mass is 9.88. The summed E-state index contributed by atoms with van der Waals surface area (Å²) in [5.74, 6) is 0.551. The Hall–Kier alpha value is -0.610. The number of piperidine rings is 1. The number of hydrogen-bond acceptors (Lipinski definition) is 3. The van der Waals surface area contributed by atoms with Crippen LogP contribution in [0.15, 0.2) is 0 Å². The number of carboxylic acids is 1. The van der Waals surface area contributed by atoms with Gasteiger partial charge in [-0.1, -0.05) is 6.92 Å². The van der Waals surface area contributed by atoms with Crippen molar-refractivity contribution in [3.8, 4) is 0 Å². The second kappa shape index (κ2) is 4.49. The van der Waals surface area contributed by atoms with Crippen LogP contribution < -0.4 is 0 Å². The van der Waals surface area contributed by atoms with E-state index in [4.69, 9.17) is 9.84 Å². The third kappa shape index (κ3) is 2.16. The van der Waals surface area contributed by atoms with Crippen LogP contribution >= 0.6 is 0 Å². The van der Waals surface area contributed by atoms with Gasteiger partial charge in [-0.15, -0.1) is 0 Å². The summed E-state index contributed by atoms with van der Waals surface area (Å²) in [4.78, 5) is 13.2. The molecule has 4 nitrogen and oxygen atoms in total. The van der Waals surface area contributed by atoms with E-state index in [0.717, 1.165) is 32.7 Å². The van der Waals surface area contributed by atoms with Gasteiger partial charge in [-0.25, -0.2) is 0 Å². The number of hydrogen-bond donors (Lipinski definition) is 1. The van der Waals surface area contributed by atoms with Gasteiger partial charge in [0.15, 0.2) is 0 Å². The minimum absolute atomic E-state index is 0.299. The van der Waals surface area contributed by atoms with Crippen molar-refractivity contribution in [1.29, 1.82) is 0 Å². The van der Waals surface area contributed by atoms with Gasteiger partial charge < -0.3 is 9.84 Å². The SMILES string of the molecule is CC[C@H](C(=O)O)N1CC[C@H]2COC[C@H]2C1. The van der Waals surface area contributed by atoms with E-state index in [1.54, 1.807) is 0 Å². The Balaban J connectivity index is 1.96. The molecule has 0 saturated carbocycles. The summed E-state index contributed by atoms with van der Waals surface area (Å²) in [7, 11) is 0. The predicted octanol–water partition coefficient (Wildman–Crippen LogP) is 0.818. The van der Waals surface area contributed by atoms with Crippen molar-refractivity contribution < 1.29 is 14.6 Å². The average molecular weight is 213 g/mol. The molecule has 0 spiro atoms. The molecule has 2 heterocycles. The van der Waals surface area contributed by atoms with E-state index < -0.39 is 5.97 Å². The van der Waals surface area contributed by atoms with Crippen molar-refractivity contribution in [1.82, 2.24) is 4.90 Å². The first-order valence-electron chi connectivity index (χ1n) is 5.77. The molecule has 2 fully saturated rings. The number of carbonyl (C=O) groups is 1. The Kier molecular flexibility index (Phi) is 3.26. The predicted molar refractivity (Wildman–Crippen MR) is 55.7 cm³/mol. The van der Waals surface area contributed by atoms with Crippen molar-refractivity contribution in [2.24, 2.45) is 11.8 Å². The maximum absolute atomic E-state index is 11.0. The van der Waals surface area contributed by atoms with Gasteiger partial charge in [0.2, 0.25) is 0 Å². The number of nitrogens with zero attached hydrogens (tertiary/aromatic N) is 1. The van der Waals surface area contributed by atoms with Crippen LogP contribution in [0.3, 0.4) is 0 Å². The van der Waals surface area contributed by atoms with Crippen LogP contribution in [0.1, 0.15) is 19.8 Å². The average Bonchev–Trinajstić information content (AvgIpc) is 2.65. The fourth-order valence-corrected chi connectivity index (χ4v) is 2.76. The molecule has 4 heteroatoms. The van der Waals surface area contributed by atoms with E-state index in [1.807, 2.05) is 6.92 Å². The van der Waals surface area contributed by atoms with Gasteiger partial charge in [0.1, 0.15) is 6.04 Å². The number of carboxylic acid groups (broad SMARTS) is 1. The molecular weight excluding hydrogens is 194 g/mol. The van der Waals surface area contributed by atoms with Crippen molar-refractivity contribution in [3.05, 3.63) is 0 Å². The summed E-state index contributed by atoms with van der Waals surface area (Å²) in [6, 6.07) is -0.299. The summed E-state index contributed by atoms with van der Waals surface area (Å²) >= 11 is 0. The van der Waals surface area contributed by atoms with Crippen LogP contribution in [0, 0.1) is 11.8 Å². The van der Waals surface area contributed by atoms with E-state index in [9.17, 15) is 4.79 Å². The molecule has 0 unspecified atom stereocenters. The molecule has 0 bridgehead atoms. The molecule has 2 saturated heterocycles. The van der Waals surface area contributed by atoms with Gasteiger partial charge in [0, 0.05) is 19.1 Å². The Morgan fingerprint density at radius 3 is 2.93 bits per heavy atom. The first-order valence-corrected chi connectivity index (χ1v) is 5.77. The molecule has 2 aliphatic heterocycles. The minimum Gasteiger partial charge on any atom is -0.480 e. The third-order valence-electron chi connectivity index (χ3n) is 3.70. The van der Waals surface area contributed by atoms with E-state index in [2.05, 4.69) is 4.90 Å². The maximum Gasteiger partial charge on any atom is 0.320 e. The lowest BCUT2D eigenvalue weighted by molar-refractivity contribution is -0.144. The summed E-state index contributed by atoms with van der Waals surface area (Å²) in [6.45, 7) is 5.44. The van der Waals surface area contributed by atoms with E-state index in [0.29, 0.717) is 18.3 Å². The molecule has 0 aliphatic carbocycles. The second-order valence-electron chi connectivity index (χ2n) is 4.60. The topological polar surface area (TPSA) is 49.8 Å². The summed E-state index contributed by atoms with van der Waals surface area (Å²) in [6.07, 6.45) is 1.78. The first-order chi connectivity index (χ1) is 7.22. The van der Waals surface area contributed by atoms with Crippen LogP contribution in [0.4, 0.5) is 0 Å². The van der Waals surface area contributed by atoms with E-state index in [-0.39, 0.29) is 6.04 Å². The molecular formula is C11H19NO3. The Labute approximate surface area is 90.2 Å². The van der Waals surface area contributed by atoms with Gasteiger partial charge in [-0.2, -0.15) is 0 Å². The molecule has 15 heavy (non-hydrogen) atoms. The van der Waals surface area contributed by atoms with E-state index in [1.165, 1.54) is 0 Å². The Morgan fingerprint density at radius 1 is 1.53 bits per heavy atom. The molecule has 2 aliphatic rings. The van der Waals surface area contributed by atoms with Crippen LogP contribution in [-0.2, 0) is 9.53 Å². The lowest BCUT2D eigenvalue weighted by Crippen LogP contribution is -2.48. The van der Waals surface area contributed by atoms with Crippen LogP contribution in [0.2, 0.25) is 0 Å². The number of fused-ring (bicyclic) bond motifs is 1. The highest BCUT2D eigenvalue weighted by atomic mass is 16.5. The zero-order valence-corrected chi connectivity index (χ0v) is 9.19. The first kappa shape index (κ1) is 10.9. The van der Waals surface area contributed by atoms with Crippen molar-refractivity contribution in [2.45, 2.75) is 25.8 Å². The van der Waals surface area contributed by atoms with E-state index >= 15 is 0 Å². The quantitative estimate of drug-likeness (QED) is 0.754. The number of aliphatic carboxylic acids is 1. The molecule has 0 aromatic rings. The molecule has 3 atom stereocenters. The number of likely N-dealkylation sites (tertiary alicyclic amines) is 1. The number of rotatable bonds is 3. The zero-order valence-electron chi connectivity index (χ0n) is 9.19. The highest BCUT2D eigenvalue weighted by Gasteiger charge is 2.37. The second-order valence-corrected chi connectivity index (χ2v) is 4.60. The van der Waals surface area contributed by atoms with Gasteiger partial charge >= 0.3 is 5.97 Å². The molecule has 0 aromatic heterocycles. The maximum atomic E-state index is 11.0.